The molecule has 0 spiro atoms. The summed E-state index contributed by atoms with van der Waals surface area (Å²) in [6.07, 6.45) is 2.25. The summed E-state index contributed by atoms with van der Waals surface area (Å²) in [5.74, 6) is -0.498. The molecule has 0 aliphatic carbocycles. The molecule has 1 aliphatic heterocycles. The Balaban J connectivity index is 1.94. The highest BCUT2D eigenvalue weighted by Crippen LogP contribution is 2.38. The second kappa shape index (κ2) is 9.65. The zero-order valence-corrected chi connectivity index (χ0v) is 17.6. The van der Waals surface area contributed by atoms with Crippen molar-refractivity contribution in [3.63, 3.8) is 0 Å². The van der Waals surface area contributed by atoms with Gasteiger partial charge in [0.05, 0.1) is 18.2 Å². The van der Waals surface area contributed by atoms with Crippen LogP contribution in [0.2, 0.25) is 5.02 Å². The molecule has 9 heteroatoms. The second-order valence-corrected chi connectivity index (χ2v) is 7.89. The van der Waals surface area contributed by atoms with Crippen LogP contribution in [-0.2, 0) is 14.3 Å². The Hall–Kier alpha value is -2.74. The molecule has 1 heterocycles. The smallest absolute Gasteiger partial charge is 0.331 e. The van der Waals surface area contributed by atoms with E-state index in [1.54, 1.807) is 32.9 Å². The van der Waals surface area contributed by atoms with Crippen LogP contribution in [0.5, 0.6) is 11.5 Å². The Labute approximate surface area is 174 Å². The predicted octanol–water partition coefficient (Wildman–Crippen LogP) is 3.07. The second-order valence-electron chi connectivity index (χ2n) is 7.49. The summed E-state index contributed by atoms with van der Waals surface area (Å²) in [5.41, 5.74) is 0.106. The number of halogens is 1. The van der Waals surface area contributed by atoms with E-state index in [-0.39, 0.29) is 0 Å². The number of ether oxygens (including phenoxy) is 3. The molecule has 0 saturated heterocycles. The maximum absolute atomic E-state index is 12.0. The molecular formula is C20H25ClN2O6. The predicted molar refractivity (Wildman–Crippen MR) is 108 cm³/mol. The number of rotatable bonds is 4. The van der Waals surface area contributed by atoms with Gasteiger partial charge in [-0.1, -0.05) is 11.6 Å². The fourth-order valence-corrected chi connectivity index (χ4v) is 2.64. The molecule has 0 bridgehead atoms. The maximum Gasteiger partial charge on any atom is 0.331 e. The Morgan fingerprint density at radius 1 is 1.21 bits per heavy atom. The molecule has 158 valence electrons. The van der Waals surface area contributed by atoms with Crippen LogP contribution in [-0.4, -0.2) is 42.8 Å². The lowest BCUT2D eigenvalue weighted by Crippen LogP contribution is -2.50. The third-order valence-corrected chi connectivity index (χ3v) is 3.90. The summed E-state index contributed by atoms with van der Waals surface area (Å²) in [6.45, 7) is 7.72. The first-order chi connectivity index (χ1) is 13.5. The molecule has 0 saturated carbocycles. The molecule has 0 fully saturated rings. The molecular weight excluding hydrogens is 400 g/mol. The molecule has 0 radical (unpaired) electrons. The van der Waals surface area contributed by atoms with Gasteiger partial charge in [-0.25, -0.2) is 9.59 Å². The summed E-state index contributed by atoms with van der Waals surface area (Å²) in [6, 6.07) is 2.66. The molecule has 8 nitrogen and oxygen atoms in total. The first kappa shape index (κ1) is 22.5. The van der Waals surface area contributed by atoms with E-state index in [9.17, 15) is 14.4 Å². The van der Waals surface area contributed by atoms with Gasteiger partial charge in [0.2, 0.25) is 0 Å². The number of hydrogen-bond donors (Lipinski definition) is 2. The van der Waals surface area contributed by atoms with Crippen LogP contribution in [0.1, 0.15) is 39.7 Å². The highest BCUT2D eigenvalue weighted by molar-refractivity contribution is 6.32. The number of fused-ring (bicyclic) bond motifs is 1. The van der Waals surface area contributed by atoms with Crippen LogP contribution in [0, 0.1) is 0 Å². The first-order valence-electron chi connectivity index (χ1n) is 9.16. The van der Waals surface area contributed by atoms with E-state index in [2.05, 4.69) is 10.6 Å². The summed E-state index contributed by atoms with van der Waals surface area (Å²) in [4.78, 5) is 35.7. The Kier molecular flexibility index (Phi) is 7.50. The molecule has 1 aromatic carbocycles. The molecule has 1 aromatic rings. The van der Waals surface area contributed by atoms with Gasteiger partial charge < -0.3 is 19.5 Å². The average Bonchev–Trinajstić information content (AvgIpc) is 2.84. The highest BCUT2D eigenvalue weighted by Gasteiger charge is 2.21. The third kappa shape index (κ3) is 7.30. The van der Waals surface area contributed by atoms with Crippen molar-refractivity contribution in [1.29, 1.82) is 0 Å². The van der Waals surface area contributed by atoms with Crippen molar-refractivity contribution in [3.8, 4) is 11.5 Å². The Morgan fingerprint density at radius 3 is 2.59 bits per heavy atom. The largest absolute Gasteiger partial charge is 0.489 e. The van der Waals surface area contributed by atoms with Gasteiger partial charge in [-0.2, -0.15) is 0 Å². The fraction of sp³-hybridized carbons (Fsp3) is 0.450. The number of esters is 1. The van der Waals surface area contributed by atoms with Crippen molar-refractivity contribution < 1.29 is 28.6 Å². The van der Waals surface area contributed by atoms with Crippen LogP contribution < -0.4 is 20.1 Å². The third-order valence-electron chi connectivity index (χ3n) is 3.62. The minimum absolute atomic E-state index is 0.370. The quantitative estimate of drug-likeness (QED) is 0.568. The number of carbonyl (C=O) groups is 3. The normalized spacial score (nSPS) is 14.7. The molecule has 0 unspecified atom stereocenters. The van der Waals surface area contributed by atoms with Gasteiger partial charge in [0, 0.05) is 18.0 Å². The minimum Gasteiger partial charge on any atom is -0.489 e. The van der Waals surface area contributed by atoms with Crippen molar-refractivity contribution in [2.75, 3.05) is 13.2 Å². The van der Waals surface area contributed by atoms with Crippen LogP contribution in [0.4, 0.5) is 4.79 Å². The lowest BCUT2D eigenvalue weighted by Gasteiger charge is -2.21. The zero-order chi connectivity index (χ0) is 21.6. The van der Waals surface area contributed by atoms with Gasteiger partial charge >= 0.3 is 12.0 Å². The summed E-state index contributed by atoms with van der Waals surface area (Å²) >= 11 is 6.21. The molecule has 29 heavy (non-hydrogen) atoms. The monoisotopic (exact) mass is 424 g/mol. The first-order valence-corrected chi connectivity index (χ1v) is 9.54. The summed E-state index contributed by atoms with van der Waals surface area (Å²) < 4.78 is 16.2. The maximum atomic E-state index is 12.0. The van der Waals surface area contributed by atoms with Gasteiger partial charge in [-0.15, -0.1) is 0 Å². The van der Waals surface area contributed by atoms with E-state index in [0.29, 0.717) is 35.3 Å². The number of imide groups is 1. The van der Waals surface area contributed by atoms with Crippen molar-refractivity contribution in [2.45, 2.75) is 45.8 Å². The number of urea groups is 1. The van der Waals surface area contributed by atoms with Crippen molar-refractivity contribution in [2.24, 2.45) is 0 Å². The zero-order valence-electron chi connectivity index (χ0n) is 16.8. The number of amides is 3. The number of hydrogen-bond acceptors (Lipinski definition) is 6. The van der Waals surface area contributed by atoms with Crippen LogP contribution in [0.25, 0.3) is 6.08 Å². The van der Waals surface area contributed by atoms with E-state index < -0.39 is 29.6 Å². The van der Waals surface area contributed by atoms with Gasteiger partial charge in [-0.05, 0) is 51.5 Å². The van der Waals surface area contributed by atoms with E-state index in [0.717, 1.165) is 12.5 Å². The number of carbonyl (C=O) groups excluding carboxylic acids is 3. The number of nitrogens with one attached hydrogen (secondary N) is 2. The van der Waals surface area contributed by atoms with Crippen molar-refractivity contribution >= 4 is 35.6 Å². The van der Waals surface area contributed by atoms with Gasteiger partial charge in [0.15, 0.2) is 17.6 Å². The Morgan fingerprint density at radius 2 is 1.90 bits per heavy atom. The van der Waals surface area contributed by atoms with Crippen LogP contribution in [0.3, 0.4) is 0 Å². The van der Waals surface area contributed by atoms with Crippen LogP contribution >= 0.6 is 11.6 Å². The van der Waals surface area contributed by atoms with Gasteiger partial charge in [0.25, 0.3) is 5.91 Å². The fourth-order valence-electron chi connectivity index (χ4n) is 2.36. The van der Waals surface area contributed by atoms with Gasteiger partial charge in [0.1, 0.15) is 0 Å². The van der Waals surface area contributed by atoms with E-state index >= 15 is 0 Å². The number of benzene rings is 1. The SMILES string of the molecule is C[C@H](OC(=O)/C=C/c1cc(Cl)c2c(c1)OCCCO2)C(=O)NC(=O)NC(C)(C)C. The van der Waals surface area contributed by atoms with Crippen molar-refractivity contribution in [1.82, 2.24) is 10.6 Å². The van der Waals surface area contributed by atoms with Crippen molar-refractivity contribution in [3.05, 3.63) is 28.8 Å². The average molecular weight is 425 g/mol. The van der Waals surface area contributed by atoms with E-state index in [1.165, 1.54) is 13.0 Å². The molecule has 0 aromatic heterocycles. The van der Waals surface area contributed by atoms with Gasteiger partial charge in [-0.3, -0.25) is 10.1 Å². The molecule has 3 amide bonds. The van der Waals surface area contributed by atoms with E-state index in [4.69, 9.17) is 25.8 Å². The molecule has 2 N–H and O–H groups in total. The lowest BCUT2D eigenvalue weighted by molar-refractivity contribution is -0.149. The Bertz CT molecular complexity index is 816. The van der Waals surface area contributed by atoms with Crippen LogP contribution in [0.15, 0.2) is 18.2 Å². The topological polar surface area (TPSA) is 103 Å². The summed E-state index contributed by atoms with van der Waals surface area (Å²) in [7, 11) is 0. The lowest BCUT2D eigenvalue weighted by atomic mass is 10.1. The molecule has 2 rings (SSSR count). The standard InChI is InChI=1S/C20H25ClN2O6/c1-12(18(25)22-19(26)23-20(2,3)4)29-16(24)7-6-13-10-14(21)17-15(11-13)27-8-5-9-28-17/h6-7,10-12H,5,8-9H2,1-4H3,(H2,22,23,25,26)/b7-6+/t12-/m0/s1. The molecule has 1 atom stereocenters. The summed E-state index contributed by atoms with van der Waals surface area (Å²) in [5, 5.41) is 5.07. The van der Waals surface area contributed by atoms with E-state index in [1.807, 2.05) is 0 Å². The molecule has 1 aliphatic rings. The minimum atomic E-state index is -1.15. The highest BCUT2D eigenvalue weighted by atomic mass is 35.5.